The molecule has 0 aliphatic carbocycles. The van der Waals surface area contributed by atoms with Gasteiger partial charge in [-0.2, -0.15) is 0 Å². The maximum absolute atomic E-state index is 12.6. The summed E-state index contributed by atoms with van der Waals surface area (Å²) in [5, 5.41) is 0. The molecular weight excluding hydrogens is 478 g/mol. The van der Waals surface area contributed by atoms with Crippen molar-refractivity contribution < 1.29 is 28.7 Å². The van der Waals surface area contributed by atoms with Gasteiger partial charge in [-0.1, -0.05) is 46.4 Å². The van der Waals surface area contributed by atoms with Crippen LogP contribution in [0.25, 0.3) is 0 Å². The summed E-state index contributed by atoms with van der Waals surface area (Å²) in [7, 11) is 2.85. The molecule has 0 radical (unpaired) electrons. The van der Waals surface area contributed by atoms with Gasteiger partial charge in [0.25, 0.3) is 0 Å². The van der Waals surface area contributed by atoms with E-state index in [1.807, 2.05) is 0 Å². The van der Waals surface area contributed by atoms with Gasteiger partial charge in [-0.25, -0.2) is 0 Å². The number of hydrogen-bond donors (Lipinski definition) is 0. The fraction of sp³-hybridized carbons (Fsp3) is 0.200. The number of carbonyl (C=O) groups excluding carboxylic acids is 4. The Labute approximate surface area is 191 Å². The summed E-state index contributed by atoms with van der Waals surface area (Å²) in [4.78, 5) is 50.3. The minimum atomic E-state index is -2.85. The van der Waals surface area contributed by atoms with Crippen LogP contribution in [-0.4, -0.2) is 46.0 Å². The first-order valence-corrected chi connectivity index (χ1v) is 9.70. The number of ketones is 4. The first-order valence-electron chi connectivity index (χ1n) is 8.19. The molecule has 0 spiro atoms. The van der Waals surface area contributed by atoms with E-state index in [-0.39, 0.29) is 11.1 Å². The molecule has 2 rings (SSSR count). The Morgan fingerprint density at radius 3 is 1.10 bits per heavy atom. The van der Waals surface area contributed by atoms with Crippen molar-refractivity contribution >= 4 is 69.5 Å². The summed E-state index contributed by atoms with van der Waals surface area (Å²) in [5.74, 6) is -4.58. The number of halogens is 4. The SMILES string of the molecule is COc1ccc(C(=O)C(Cl)(Cl)C(=O)C(=O)C(Cl)(Cl)C(=O)c2ccc(OC)cc2)cc1. The third-order valence-corrected chi connectivity index (χ3v) is 5.42. The highest BCUT2D eigenvalue weighted by molar-refractivity contribution is 6.84. The molecule has 0 bridgehead atoms. The van der Waals surface area contributed by atoms with Crippen LogP contribution in [0.3, 0.4) is 0 Å². The molecule has 0 aliphatic heterocycles. The van der Waals surface area contributed by atoms with Crippen LogP contribution in [0.5, 0.6) is 11.5 Å². The second-order valence-electron chi connectivity index (χ2n) is 5.92. The van der Waals surface area contributed by atoms with E-state index in [1.165, 1.54) is 62.8 Å². The molecule has 0 atom stereocenters. The lowest BCUT2D eigenvalue weighted by Gasteiger charge is -2.21. The van der Waals surface area contributed by atoms with E-state index in [0.717, 1.165) is 0 Å². The Kier molecular flexibility index (Phi) is 7.53. The molecular formula is C20H14Cl4O6. The van der Waals surface area contributed by atoms with Gasteiger partial charge in [0, 0.05) is 11.1 Å². The molecule has 10 heteroatoms. The van der Waals surface area contributed by atoms with Gasteiger partial charge in [0.1, 0.15) is 11.5 Å². The standard InChI is InChI=1S/C20H14Cl4O6/c1-29-13-7-3-11(4-8-13)15(25)19(21,22)17(27)18(28)20(23,24)16(26)12-5-9-14(30-2)10-6-12/h3-10H,1-2H3. The van der Waals surface area contributed by atoms with E-state index < -0.39 is 31.8 Å². The van der Waals surface area contributed by atoms with E-state index in [1.54, 1.807) is 0 Å². The molecule has 158 valence electrons. The molecule has 0 N–H and O–H groups in total. The molecule has 30 heavy (non-hydrogen) atoms. The van der Waals surface area contributed by atoms with Crippen LogP contribution in [0.4, 0.5) is 0 Å². The molecule has 0 fully saturated rings. The van der Waals surface area contributed by atoms with E-state index in [0.29, 0.717) is 11.5 Å². The summed E-state index contributed by atoms with van der Waals surface area (Å²) in [6, 6.07) is 10.9. The third-order valence-electron chi connectivity index (χ3n) is 4.05. The van der Waals surface area contributed by atoms with Crippen molar-refractivity contribution in [3.05, 3.63) is 59.7 Å². The van der Waals surface area contributed by atoms with Crippen LogP contribution in [0, 0.1) is 0 Å². The fourth-order valence-corrected chi connectivity index (χ4v) is 3.12. The molecule has 0 heterocycles. The van der Waals surface area contributed by atoms with Gasteiger partial charge in [0.05, 0.1) is 14.2 Å². The topological polar surface area (TPSA) is 86.7 Å². The number of rotatable bonds is 9. The highest BCUT2D eigenvalue weighted by Gasteiger charge is 2.54. The Morgan fingerprint density at radius 2 is 0.867 bits per heavy atom. The van der Waals surface area contributed by atoms with Crippen molar-refractivity contribution in [1.29, 1.82) is 0 Å². The molecule has 0 unspecified atom stereocenters. The van der Waals surface area contributed by atoms with Crippen LogP contribution in [0.15, 0.2) is 48.5 Å². The molecule has 0 aromatic heterocycles. The van der Waals surface area contributed by atoms with Crippen molar-refractivity contribution in [1.82, 2.24) is 0 Å². The largest absolute Gasteiger partial charge is 0.497 e. The Balaban J connectivity index is 2.28. The molecule has 6 nitrogen and oxygen atoms in total. The summed E-state index contributed by atoms with van der Waals surface area (Å²) in [6.45, 7) is 0. The third kappa shape index (κ3) is 4.78. The first-order chi connectivity index (χ1) is 14.0. The summed E-state index contributed by atoms with van der Waals surface area (Å²) >= 11 is 23.6. The molecule has 2 aromatic rings. The number of ether oxygens (including phenoxy) is 2. The zero-order chi connectivity index (χ0) is 22.7. The van der Waals surface area contributed by atoms with Gasteiger partial charge < -0.3 is 9.47 Å². The van der Waals surface area contributed by atoms with E-state index in [2.05, 4.69) is 0 Å². The highest BCUT2D eigenvalue weighted by Crippen LogP contribution is 2.35. The predicted molar refractivity (Wildman–Crippen MR) is 114 cm³/mol. The first kappa shape index (κ1) is 24.2. The van der Waals surface area contributed by atoms with E-state index in [4.69, 9.17) is 55.9 Å². The second-order valence-corrected chi connectivity index (χ2v) is 8.58. The average molecular weight is 492 g/mol. The number of carbonyl (C=O) groups is 4. The van der Waals surface area contributed by atoms with Gasteiger partial charge in [0.15, 0.2) is 0 Å². The van der Waals surface area contributed by atoms with Crippen LogP contribution < -0.4 is 9.47 Å². The lowest BCUT2D eigenvalue weighted by Crippen LogP contribution is -2.49. The Morgan fingerprint density at radius 1 is 0.600 bits per heavy atom. The van der Waals surface area contributed by atoms with Crippen LogP contribution in [-0.2, 0) is 9.59 Å². The van der Waals surface area contributed by atoms with Gasteiger partial charge in [0.2, 0.25) is 31.8 Å². The predicted octanol–water partition coefficient (Wildman–Crippen LogP) is 4.26. The van der Waals surface area contributed by atoms with Crippen molar-refractivity contribution in [2.24, 2.45) is 0 Å². The van der Waals surface area contributed by atoms with Gasteiger partial charge in [-0.3, -0.25) is 19.2 Å². The summed E-state index contributed by atoms with van der Waals surface area (Å²) in [6.07, 6.45) is 0. The molecule has 0 saturated carbocycles. The van der Waals surface area contributed by atoms with Gasteiger partial charge in [-0.15, -0.1) is 0 Å². The molecule has 0 aliphatic rings. The number of alkyl halides is 4. The molecule has 0 amide bonds. The normalized spacial score (nSPS) is 11.5. The maximum Gasteiger partial charge on any atom is 0.246 e. The number of hydrogen-bond acceptors (Lipinski definition) is 6. The molecule has 0 saturated heterocycles. The number of benzene rings is 2. The van der Waals surface area contributed by atoms with Crippen LogP contribution in [0.1, 0.15) is 20.7 Å². The fourth-order valence-electron chi connectivity index (χ4n) is 2.34. The summed E-state index contributed by atoms with van der Waals surface area (Å²) < 4.78 is 4.25. The quantitative estimate of drug-likeness (QED) is 0.225. The monoisotopic (exact) mass is 490 g/mol. The number of Topliss-reactive ketones (excluding diaryl/α,β-unsaturated/α-hetero) is 4. The lowest BCUT2D eigenvalue weighted by atomic mass is 9.97. The zero-order valence-corrected chi connectivity index (χ0v) is 18.6. The highest BCUT2D eigenvalue weighted by atomic mass is 35.5. The van der Waals surface area contributed by atoms with E-state index in [9.17, 15) is 19.2 Å². The van der Waals surface area contributed by atoms with Crippen LogP contribution >= 0.6 is 46.4 Å². The Bertz CT molecular complexity index is 900. The zero-order valence-electron chi connectivity index (χ0n) is 15.6. The maximum atomic E-state index is 12.6. The average Bonchev–Trinajstić information content (AvgIpc) is 2.76. The van der Waals surface area contributed by atoms with Gasteiger partial charge in [-0.05, 0) is 48.5 Å². The van der Waals surface area contributed by atoms with E-state index >= 15 is 0 Å². The smallest absolute Gasteiger partial charge is 0.246 e. The van der Waals surface area contributed by atoms with Crippen molar-refractivity contribution in [3.63, 3.8) is 0 Å². The lowest BCUT2D eigenvalue weighted by molar-refractivity contribution is -0.136. The molecule has 2 aromatic carbocycles. The minimum absolute atomic E-state index is 0.0711. The second kappa shape index (κ2) is 9.35. The minimum Gasteiger partial charge on any atom is -0.497 e. The summed E-state index contributed by atoms with van der Waals surface area (Å²) in [5.41, 5.74) is -0.142. The van der Waals surface area contributed by atoms with Crippen molar-refractivity contribution in [3.8, 4) is 11.5 Å². The van der Waals surface area contributed by atoms with Crippen LogP contribution in [0.2, 0.25) is 0 Å². The number of methoxy groups -OCH3 is 2. The van der Waals surface area contributed by atoms with Crippen molar-refractivity contribution in [2.45, 2.75) is 8.67 Å². The van der Waals surface area contributed by atoms with Gasteiger partial charge >= 0.3 is 0 Å². The Hall–Kier alpha value is -2.12. The van der Waals surface area contributed by atoms with Crippen molar-refractivity contribution in [2.75, 3.05) is 14.2 Å².